The Morgan fingerprint density at radius 1 is 1.03 bits per heavy atom. The molecule has 0 bridgehead atoms. The molecule has 0 radical (unpaired) electrons. The van der Waals surface area contributed by atoms with E-state index in [0.29, 0.717) is 29.1 Å². The largest absolute Gasteiger partial charge is 0.449 e. The molecule has 2 rings (SSSR count). The number of aryl methyl sites for hydroxylation is 1. The lowest BCUT2D eigenvalue weighted by Crippen LogP contribution is -2.24. The summed E-state index contributed by atoms with van der Waals surface area (Å²) >= 11 is 0. The van der Waals surface area contributed by atoms with Crippen LogP contribution in [0.4, 0.5) is 16.2 Å². The highest BCUT2D eigenvalue weighted by Crippen LogP contribution is 2.24. The molecule has 0 fully saturated rings. The van der Waals surface area contributed by atoms with Crippen LogP contribution >= 0.6 is 0 Å². The Bertz CT molecular complexity index is 1080. The van der Waals surface area contributed by atoms with Crippen LogP contribution in [0.2, 0.25) is 0 Å². The normalized spacial score (nSPS) is 11.5. The zero-order valence-electron chi connectivity index (χ0n) is 18.6. The summed E-state index contributed by atoms with van der Waals surface area (Å²) in [5.74, 6) is -0.242. The van der Waals surface area contributed by atoms with Crippen LogP contribution < -0.4 is 10.6 Å². The van der Waals surface area contributed by atoms with Gasteiger partial charge in [-0.25, -0.2) is 17.5 Å². The number of amides is 2. The van der Waals surface area contributed by atoms with Crippen molar-refractivity contribution in [2.45, 2.75) is 32.6 Å². The topological polar surface area (TPSA) is 105 Å². The number of ether oxygens (including phenoxy) is 1. The van der Waals surface area contributed by atoms with Gasteiger partial charge in [0.25, 0.3) is 5.91 Å². The highest BCUT2D eigenvalue weighted by atomic mass is 32.2. The molecule has 0 aliphatic carbocycles. The molecule has 2 N–H and O–H groups in total. The molecule has 0 saturated carbocycles. The lowest BCUT2D eigenvalue weighted by molar-refractivity contribution is 0.102. The van der Waals surface area contributed by atoms with Gasteiger partial charge in [-0.3, -0.25) is 10.1 Å². The van der Waals surface area contributed by atoms with Crippen LogP contribution in [0.15, 0.2) is 41.3 Å². The van der Waals surface area contributed by atoms with E-state index in [0.717, 1.165) is 4.31 Å². The van der Waals surface area contributed by atoms with Crippen LogP contribution in [0, 0.1) is 19.8 Å². The van der Waals surface area contributed by atoms with Gasteiger partial charge in [0.1, 0.15) is 0 Å². The van der Waals surface area contributed by atoms with Gasteiger partial charge in [-0.2, -0.15) is 0 Å². The standard InChI is InChI=1S/C22H29N3O5S/c1-14(2)13-30-22(27)24-19-9-7-8-18(12-19)23-21(26)17-10-15(3)16(4)20(11-17)31(28,29)25(5)6/h7-12,14H,13H2,1-6H3,(H,23,26)(H,24,27). The first-order chi connectivity index (χ1) is 14.4. The third-order valence-electron chi connectivity index (χ3n) is 4.56. The van der Waals surface area contributed by atoms with E-state index >= 15 is 0 Å². The second kappa shape index (κ2) is 9.93. The van der Waals surface area contributed by atoms with Crippen LogP contribution in [0.5, 0.6) is 0 Å². The number of anilines is 2. The zero-order valence-corrected chi connectivity index (χ0v) is 19.5. The van der Waals surface area contributed by atoms with E-state index in [1.807, 2.05) is 13.8 Å². The van der Waals surface area contributed by atoms with E-state index in [-0.39, 0.29) is 16.4 Å². The number of nitrogens with one attached hydrogen (secondary N) is 2. The predicted molar refractivity (Wildman–Crippen MR) is 121 cm³/mol. The van der Waals surface area contributed by atoms with Crippen molar-refractivity contribution in [3.05, 3.63) is 53.1 Å². The van der Waals surface area contributed by atoms with Gasteiger partial charge in [0.2, 0.25) is 10.0 Å². The van der Waals surface area contributed by atoms with Gasteiger partial charge in [-0.05, 0) is 61.2 Å². The minimum absolute atomic E-state index is 0.0889. The third kappa shape index (κ3) is 6.28. The number of benzene rings is 2. The van der Waals surface area contributed by atoms with Gasteiger partial charge in [-0.15, -0.1) is 0 Å². The fourth-order valence-electron chi connectivity index (χ4n) is 2.70. The number of hydrogen-bond donors (Lipinski definition) is 2. The van der Waals surface area contributed by atoms with Gasteiger partial charge in [0.05, 0.1) is 11.5 Å². The van der Waals surface area contributed by atoms with Gasteiger partial charge in [0.15, 0.2) is 0 Å². The van der Waals surface area contributed by atoms with E-state index in [4.69, 9.17) is 4.74 Å². The number of carbonyl (C=O) groups excluding carboxylic acids is 2. The average molecular weight is 448 g/mol. The van der Waals surface area contributed by atoms with Crippen molar-refractivity contribution in [1.29, 1.82) is 0 Å². The molecule has 0 spiro atoms. The minimum atomic E-state index is -3.70. The van der Waals surface area contributed by atoms with E-state index in [1.165, 1.54) is 20.2 Å². The molecular weight excluding hydrogens is 418 g/mol. The number of sulfonamides is 1. The zero-order chi connectivity index (χ0) is 23.3. The average Bonchev–Trinajstić information content (AvgIpc) is 2.68. The molecule has 0 atom stereocenters. The number of nitrogens with zero attached hydrogens (tertiary/aromatic N) is 1. The van der Waals surface area contributed by atoms with Gasteiger partial charge in [0, 0.05) is 31.0 Å². The molecule has 0 heterocycles. The smallest absolute Gasteiger partial charge is 0.411 e. The van der Waals surface area contributed by atoms with Crippen molar-refractivity contribution in [1.82, 2.24) is 4.31 Å². The maximum absolute atomic E-state index is 12.8. The molecule has 0 aliphatic heterocycles. The highest BCUT2D eigenvalue weighted by Gasteiger charge is 2.23. The second-order valence-electron chi connectivity index (χ2n) is 7.86. The van der Waals surface area contributed by atoms with E-state index in [1.54, 1.807) is 44.2 Å². The number of hydrogen-bond acceptors (Lipinski definition) is 5. The summed E-state index contributed by atoms with van der Waals surface area (Å²) in [5.41, 5.74) is 2.41. The van der Waals surface area contributed by atoms with Crippen LogP contribution in [-0.2, 0) is 14.8 Å². The summed E-state index contributed by atoms with van der Waals surface area (Å²) < 4.78 is 31.4. The Hall–Kier alpha value is -2.91. The van der Waals surface area contributed by atoms with Crippen LogP contribution in [0.3, 0.4) is 0 Å². The molecule has 8 nitrogen and oxygen atoms in total. The van der Waals surface area contributed by atoms with Crippen LogP contribution in [0.1, 0.15) is 35.3 Å². The van der Waals surface area contributed by atoms with Gasteiger partial charge in [-0.1, -0.05) is 19.9 Å². The van der Waals surface area contributed by atoms with Crippen LogP contribution in [-0.4, -0.2) is 45.4 Å². The fraction of sp³-hybridized carbons (Fsp3) is 0.364. The van der Waals surface area contributed by atoms with Crippen LogP contribution in [0.25, 0.3) is 0 Å². The molecule has 0 unspecified atom stereocenters. The number of rotatable bonds is 7. The van der Waals surface area contributed by atoms with E-state index in [2.05, 4.69) is 10.6 Å². The molecular formula is C22H29N3O5S. The lowest BCUT2D eigenvalue weighted by atomic mass is 10.1. The SMILES string of the molecule is Cc1cc(C(=O)Nc2cccc(NC(=O)OCC(C)C)c2)cc(S(=O)(=O)N(C)C)c1C. The summed E-state index contributed by atoms with van der Waals surface area (Å²) in [7, 11) is -0.807. The Balaban J connectivity index is 2.23. The molecule has 31 heavy (non-hydrogen) atoms. The summed E-state index contributed by atoms with van der Waals surface area (Å²) in [4.78, 5) is 24.7. The summed E-state index contributed by atoms with van der Waals surface area (Å²) in [5, 5.41) is 5.35. The second-order valence-corrected chi connectivity index (χ2v) is 9.98. The van der Waals surface area contributed by atoms with Gasteiger partial charge < -0.3 is 10.1 Å². The van der Waals surface area contributed by atoms with Crippen molar-refractivity contribution < 1.29 is 22.7 Å². The summed E-state index contributed by atoms with van der Waals surface area (Å²) in [6.45, 7) is 7.64. The highest BCUT2D eigenvalue weighted by molar-refractivity contribution is 7.89. The maximum atomic E-state index is 12.8. The molecule has 2 aromatic rings. The van der Waals surface area contributed by atoms with Crippen molar-refractivity contribution in [3.8, 4) is 0 Å². The summed E-state index contributed by atoms with van der Waals surface area (Å²) in [6.07, 6.45) is -0.579. The van der Waals surface area contributed by atoms with E-state index < -0.39 is 22.0 Å². The van der Waals surface area contributed by atoms with Crippen molar-refractivity contribution in [2.24, 2.45) is 5.92 Å². The molecule has 2 aromatic carbocycles. The first-order valence-corrected chi connectivity index (χ1v) is 11.2. The van der Waals surface area contributed by atoms with E-state index in [9.17, 15) is 18.0 Å². The Morgan fingerprint density at radius 2 is 1.65 bits per heavy atom. The Morgan fingerprint density at radius 3 is 2.23 bits per heavy atom. The van der Waals surface area contributed by atoms with Crippen molar-refractivity contribution >= 4 is 33.4 Å². The van der Waals surface area contributed by atoms with Crippen molar-refractivity contribution in [3.63, 3.8) is 0 Å². The minimum Gasteiger partial charge on any atom is -0.449 e. The Labute approximate surface area is 183 Å². The Kier molecular flexibility index (Phi) is 7.80. The molecule has 0 aromatic heterocycles. The molecule has 0 saturated heterocycles. The lowest BCUT2D eigenvalue weighted by Gasteiger charge is -2.16. The first-order valence-electron chi connectivity index (χ1n) is 9.80. The molecule has 0 aliphatic rings. The third-order valence-corrected chi connectivity index (χ3v) is 6.50. The quantitative estimate of drug-likeness (QED) is 0.667. The number of carbonyl (C=O) groups is 2. The first kappa shape index (κ1) is 24.4. The molecule has 2 amide bonds. The fourth-order valence-corrected chi connectivity index (χ4v) is 3.91. The molecule has 9 heteroatoms. The van der Waals surface area contributed by atoms with Crippen molar-refractivity contribution in [2.75, 3.05) is 31.3 Å². The molecule has 168 valence electrons. The predicted octanol–water partition coefficient (Wildman–Crippen LogP) is 4.01. The van der Waals surface area contributed by atoms with Gasteiger partial charge >= 0.3 is 6.09 Å². The monoisotopic (exact) mass is 447 g/mol. The maximum Gasteiger partial charge on any atom is 0.411 e. The summed E-state index contributed by atoms with van der Waals surface area (Å²) in [6, 6.07) is 9.62.